The summed E-state index contributed by atoms with van der Waals surface area (Å²) in [4.78, 5) is 28.2. The van der Waals surface area contributed by atoms with E-state index in [0.717, 1.165) is 5.56 Å². The molecule has 0 bridgehead atoms. The number of hydrogen-bond donors (Lipinski definition) is 0. The Labute approximate surface area is 316 Å². The Balaban J connectivity index is 1.57. The van der Waals surface area contributed by atoms with Crippen molar-refractivity contribution in [1.82, 2.24) is 0 Å². The first-order chi connectivity index (χ1) is 24.1. The van der Waals surface area contributed by atoms with Crippen LogP contribution in [0.3, 0.4) is 0 Å². The van der Waals surface area contributed by atoms with Gasteiger partial charge in [0.05, 0.1) is 67.5 Å². The van der Waals surface area contributed by atoms with E-state index in [0.29, 0.717) is 18.6 Å². The van der Waals surface area contributed by atoms with Crippen LogP contribution in [0.2, 0.25) is 0 Å². The molecule has 0 aromatic heterocycles. The fourth-order valence-electron chi connectivity index (χ4n) is 5.69. The molecular weight excluding hydrogens is 886 g/mol. The van der Waals surface area contributed by atoms with E-state index in [1.807, 2.05) is 75.5 Å². The van der Waals surface area contributed by atoms with E-state index in [1.165, 1.54) is 61.9 Å². The molecule has 2 saturated heterocycles. The number of benzene rings is 3. The van der Waals surface area contributed by atoms with Gasteiger partial charge in [-0.3, -0.25) is 0 Å². The van der Waals surface area contributed by atoms with Crippen molar-refractivity contribution in [3.05, 3.63) is 66.3 Å². The lowest BCUT2D eigenvalue weighted by molar-refractivity contribution is -0.356. The van der Waals surface area contributed by atoms with Crippen LogP contribution in [0.5, 0.6) is 34.5 Å². The predicted molar refractivity (Wildman–Crippen MR) is 192 cm³/mol. The van der Waals surface area contributed by atoms with Gasteiger partial charge >= 0.3 is 11.9 Å². The summed E-state index contributed by atoms with van der Waals surface area (Å²) in [6.45, 7) is 0.0608. The second-order valence-corrected chi connectivity index (χ2v) is 12.9. The summed E-state index contributed by atoms with van der Waals surface area (Å²) in [7, 11) is 10.1. The summed E-state index contributed by atoms with van der Waals surface area (Å²) < 4.78 is 70.4. The van der Waals surface area contributed by atoms with E-state index >= 15 is 0 Å². The van der Waals surface area contributed by atoms with Gasteiger partial charge in [-0.05, 0) is 57.3 Å². The van der Waals surface area contributed by atoms with E-state index in [4.69, 9.17) is 56.8 Å². The number of esters is 2. The highest BCUT2D eigenvalue weighted by Gasteiger charge is 2.54. The Morgan fingerprint density at radius 2 is 1.16 bits per heavy atom. The summed E-state index contributed by atoms with van der Waals surface area (Å²) in [5.74, 6) is 0.00465. The van der Waals surface area contributed by atoms with E-state index in [9.17, 15) is 9.59 Å². The molecule has 2 fully saturated rings. The molecule has 2 aliphatic rings. The fourth-order valence-corrected chi connectivity index (χ4v) is 7.37. The van der Waals surface area contributed by atoms with Crippen molar-refractivity contribution in [1.29, 1.82) is 0 Å². The monoisotopic (exact) mass is 922 g/mol. The average molecular weight is 922 g/mol. The minimum Gasteiger partial charge on any atom is -0.493 e. The van der Waals surface area contributed by atoms with Gasteiger partial charge in [0.25, 0.3) is 0 Å². The number of ether oxygens (including phenoxy) is 12. The number of rotatable bonds is 12. The number of carbonyl (C=O) groups excluding carboxylic acids is 2. The van der Waals surface area contributed by atoms with Gasteiger partial charge in [0.1, 0.15) is 12.2 Å². The zero-order valence-corrected chi connectivity index (χ0v) is 32.5. The Morgan fingerprint density at radius 1 is 0.660 bits per heavy atom. The smallest absolute Gasteiger partial charge is 0.340 e. The maximum Gasteiger partial charge on any atom is 0.340 e. The van der Waals surface area contributed by atoms with Crippen molar-refractivity contribution in [2.45, 2.75) is 37.0 Å². The Morgan fingerprint density at radius 3 is 1.62 bits per heavy atom. The molecule has 2 aliphatic heterocycles. The van der Waals surface area contributed by atoms with Crippen LogP contribution in [0, 0.1) is 7.14 Å². The fraction of sp³-hybridized carbons (Fsp3) is 0.412. The van der Waals surface area contributed by atoms with E-state index in [1.54, 1.807) is 0 Å². The molecule has 0 N–H and O–H groups in total. The zero-order valence-electron chi connectivity index (χ0n) is 28.2. The van der Waals surface area contributed by atoms with Crippen LogP contribution in [0.25, 0.3) is 0 Å². The topological polar surface area (TPSA) is 145 Å². The summed E-state index contributed by atoms with van der Waals surface area (Å²) in [5, 5.41) is 0. The summed E-state index contributed by atoms with van der Waals surface area (Å²) >= 11 is 3.92. The lowest BCUT2D eigenvalue weighted by Crippen LogP contribution is -2.64. The standard InChI is InChI=1S/C34H36I2O14/c1-39-19-13-17(22(35)27(43-5)24(19)41-3)31(37)48-29-26-21(15-46-33(50-26)16-11-9-8-10-12-16)47-34(45-7)30(29)49-32(38)18-14-20(40-2)25(42-4)28(44-6)23(18)36/h8-14,21,26,29-30,33-34H,15H2,1-7H3/t21-,26-,29+,30-,33-,34+/m1/s1. The van der Waals surface area contributed by atoms with Crippen molar-refractivity contribution in [3.63, 3.8) is 0 Å². The van der Waals surface area contributed by atoms with Crippen LogP contribution >= 0.6 is 45.2 Å². The average Bonchev–Trinajstić information content (AvgIpc) is 3.14. The number of fused-ring (bicyclic) bond motifs is 1. The molecule has 3 aromatic carbocycles. The molecule has 270 valence electrons. The summed E-state index contributed by atoms with van der Waals surface area (Å²) in [6.07, 6.45) is -6.37. The summed E-state index contributed by atoms with van der Waals surface area (Å²) in [6, 6.07) is 12.2. The van der Waals surface area contributed by atoms with Gasteiger partial charge in [0, 0.05) is 12.7 Å². The second-order valence-electron chi connectivity index (χ2n) is 10.7. The minimum absolute atomic E-state index is 0.0608. The van der Waals surface area contributed by atoms with Crippen LogP contribution in [-0.4, -0.2) is 99.0 Å². The van der Waals surface area contributed by atoms with Gasteiger partial charge in [-0.1, -0.05) is 30.3 Å². The SMILES string of the molecule is COc1cc(C(=O)O[C@@H]2[C@@H](OC(=O)c3cc(OC)c(OC)c(OC)c3I)[C@@H](OC)O[C@@H]3CO[C@@H](c4ccccc4)O[C@@H]23)c(I)c(OC)c1OC. The normalized spacial score (nSPS) is 22.8. The third-order valence-electron chi connectivity index (χ3n) is 8.05. The molecular formula is C34H36I2O14. The zero-order chi connectivity index (χ0) is 36.1. The van der Waals surface area contributed by atoms with Gasteiger partial charge < -0.3 is 56.8 Å². The highest BCUT2D eigenvalue weighted by molar-refractivity contribution is 14.1. The second kappa shape index (κ2) is 16.8. The van der Waals surface area contributed by atoms with E-state index in [2.05, 4.69) is 0 Å². The molecule has 0 saturated carbocycles. The summed E-state index contributed by atoms with van der Waals surface area (Å²) in [5.41, 5.74) is 0.925. The highest BCUT2D eigenvalue weighted by Crippen LogP contribution is 2.45. The van der Waals surface area contributed by atoms with Crippen molar-refractivity contribution < 1.29 is 66.4 Å². The molecule has 3 aromatic rings. The Hall–Kier alpha value is -3.30. The van der Waals surface area contributed by atoms with Crippen LogP contribution < -0.4 is 28.4 Å². The molecule has 0 radical (unpaired) electrons. The molecule has 2 heterocycles. The van der Waals surface area contributed by atoms with Crippen LogP contribution in [0.1, 0.15) is 32.6 Å². The maximum atomic E-state index is 14.1. The number of methoxy groups -OCH3 is 7. The number of hydrogen-bond acceptors (Lipinski definition) is 14. The minimum atomic E-state index is -1.33. The van der Waals surface area contributed by atoms with Crippen molar-refractivity contribution in [2.75, 3.05) is 56.4 Å². The molecule has 50 heavy (non-hydrogen) atoms. The van der Waals surface area contributed by atoms with Crippen LogP contribution in [0.4, 0.5) is 0 Å². The molecule has 16 heteroatoms. The molecule has 0 unspecified atom stereocenters. The molecule has 5 rings (SSSR count). The maximum absolute atomic E-state index is 14.1. The van der Waals surface area contributed by atoms with Gasteiger partial charge in [-0.2, -0.15) is 0 Å². The molecule has 0 spiro atoms. The number of halogens is 2. The third kappa shape index (κ3) is 7.36. The van der Waals surface area contributed by atoms with Crippen molar-refractivity contribution in [3.8, 4) is 34.5 Å². The van der Waals surface area contributed by atoms with Gasteiger partial charge in [0.15, 0.2) is 47.8 Å². The van der Waals surface area contributed by atoms with Crippen molar-refractivity contribution in [2.24, 2.45) is 0 Å². The van der Waals surface area contributed by atoms with Crippen molar-refractivity contribution >= 4 is 57.1 Å². The quantitative estimate of drug-likeness (QED) is 0.174. The molecule has 6 atom stereocenters. The first kappa shape index (κ1) is 37.9. The molecule has 14 nitrogen and oxygen atoms in total. The van der Waals surface area contributed by atoms with Crippen LogP contribution in [0.15, 0.2) is 42.5 Å². The number of carbonyl (C=O) groups is 2. The van der Waals surface area contributed by atoms with E-state index < -0.39 is 48.9 Å². The first-order valence-corrected chi connectivity index (χ1v) is 17.2. The van der Waals surface area contributed by atoms with Gasteiger partial charge in [0.2, 0.25) is 11.5 Å². The van der Waals surface area contributed by atoms with Crippen LogP contribution in [-0.2, 0) is 28.4 Å². The first-order valence-electron chi connectivity index (χ1n) is 15.0. The Bertz CT molecular complexity index is 1690. The Kier molecular flexibility index (Phi) is 12.8. The lowest BCUT2D eigenvalue weighted by atomic mass is 9.97. The van der Waals surface area contributed by atoms with Gasteiger partial charge in [-0.15, -0.1) is 0 Å². The molecule has 0 amide bonds. The largest absolute Gasteiger partial charge is 0.493 e. The predicted octanol–water partition coefficient (Wildman–Crippen LogP) is 5.18. The molecule has 0 aliphatic carbocycles. The third-order valence-corrected chi connectivity index (χ3v) is 10.2. The van der Waals surface area contributed by atoms with E-state index in [-0.39, 0.29) is 40.7 Å². The lowest BCUT2D eigenvalue weighted by Gasteiger charge is -2.47. The highest BCUT2D eigenvalue weighted by atomic mass is 127. The van der Waals surface area contributed by atoms with Gasteiger partial charge in [-0.25, -0.2) is 9.59 Å².